The van der Waals surface area contributed by atoms with Crippen molar-refractivity contribution in [1.29, 1.82) is 0 Å². The average Bonchev–Trinajstić information content (AvgIpc) is 2.40. The molecule has 19 heavy (non-hydrogen) atoms. The van der Waals surface area contributed by atoms with Crippen molar-refractivity contribution in [2.45, 2.75) is 19.4 Å². The number of halogens is 3. The summed E-state index contributed by atoms with van der Waals surface area (Å²) < 4.78 is 12.7. The van der Waals surface area contributed by atoms with E-state index in [1.807, 2.05) is 25.9 Å². The zero-order valence-electron chi connectivity index (χ0n) is 11.5. The molecule has 0 amide bonds. The lowest BCUT2D eigenvalue weighted by Crippen LogP contribution is -2.35. The van der Waals surface area contributed by atoms with E-state index in [-0.39, 0.29) is 17.6 Å². The fourth-order valence-electron chi connectivity index (χ4n) is 1.59. The standard InChI is InChI=1S/C12H16FNO.C2H4Cl2/c1-4-11(14(2)3)12(15)9-5-7-10(13)8-6-9;3-1-2-4/h5-8,11H,4H2,1-3H3;1-2H2. The summed E-state index contributed by atoms with van der Waals surface area (Å²) >= 11 is 10.1. The number of carbonyl (C=O) groups is 1. The Hall–Kier alpha value is -0.640. The Bertz CT molecular complexity index is 366. The Labute approximate surface area is 124 Å². The second-order valence-corrected chi connectivity index (χ2v) is 4.89. The van der Waals surface area contributed by atoms with Crippen LogP contribution in [-0.4, -0.2) is 42.6 Å². The van der Waals surface area contributed by atoms with Gasteiger partial charge in [0.1, 0.15) is 5.82 Å². The third kappa shape index (κ3) is 6.90. The van der Waals surface area contributed by atoms with Gasteiger partial charge in [-0.05, 0) is 44.8 Å². The van der Waals surface area contributed by atoms with Crippen LogP contribution in [0.2, 0.25) is 0 Å². The molecule has 108 valence electrons. The summed E-state index contributed by atoms with van der Waals surface area (Å²) in [5, 5.41) is 0. The van der Waals surface area contributed by atoms with Crippen LogP contribution in [0.4, 0.5) is 4.39 Å². The van der Waals surface area contributed by atoms with Crippen LogP contribution in [0.5, 0.6) is 0 Å². The maximum atomic E-state index is 12.7. The molecule has 0 aliphatic carbocycles. The molecule has 0 radical (unpaired) electrons. The highest BCUT2D eigenvalue weighted by atomic mass is 35.5. The van der Waals surface area contributed by atoms with Crippen molar-refractivity contribution in [2.24, 2.45) is 0 Å². The zero-order chi connectivity index (χ0) is 14.8. The zero-order valence-corrected chi connectivity index (χ0v) is 13.0. The van der Waals surface area contributed by atoms with Crippen LogP contribution >= 0.6 is 23.2 Å². The second kappa shape index (κ2) is 10.2. The molecule has 0 saturated carbocycles. The van der Waals surface area contributed by atoms with E-state index in [4.69, 9.17) is 23.2 Å². The topological polar surface area (TPSA) is 20.3 Å². The first-order valence-corrected chi connectivity index (χ1v) is 7.12. The Balaban J connectivity index is 0.000000711. The first-order valence-electron chi connectivity index (χ1n) is 6.06. The summed E-state index contributed by atoms with van der Waals surface area (Å²) in [6.45, 7) is 1.96. The molecular formula is C14H20Cl2FNO. The first-order chi connectivity index (χ1) is 8.97. The van der Waals surface area contributed by atoms with E-state index in [0.717, 1.165) is 6.42 Å². The number of hydrogen-bond donors (Lipinski definition) is 0. The smallest absolute Gasteiger partial charge is 0.179 e. The largest absolute Gasteiger partial charge is 0.299 e. The fourth-order valence-corrected chi connectivity index (χ4v) is 1.59. The number of hydrogen-bond acceptors (Lipinski definition) is 2. The molecule has 0 aliphatic rings. The van der Waals surface area contributed by atoms with E-state index < -0.39 is 0 Å². The van der Waals surface area contributed by atoms with Crippen molar-refractivity contribution < 1.29 is 9.18 Å². The number of benzene rings is 1. The molecule has 1 atom stereocenters. The third-order valence-electron chi connectivity index (χ3n) is 2.51. The summed E-state index contributed by atoms with van der Waals surface area (Å²) in [7, 11) is 3.74. The fraction of sp³-hybridized carbons (Fsp3) is 0.500. The molecule has 2 nitrogen and oxygen atoms in total. The monoisotopic (exact) mass is 307 g/mol. The molecule has 1 aromatic rings. The molecule has 0 aliphatic heterocycles. The minimum Gasteiger partial charge on any atom is -0.299 e. The summed E-state index contributed by atoms with van der Waals surface area (Å²) in [5.74, 6) is 0.843. The van der Waals surface area contributed by atoms with Gasteiger partial charge in [-0.1, -0.05) is 6.92 Å². The SMILES string of the molecule is CCC(C(=O)c1ccc(F)cc1)N(C)C.ClCCCl. The van der Waals surface area contributed by atoms with Gasteiger partial charge in [0, 0.05) is 17.3 Å². The summed E-state index contributed by atoms with van der Waals surface area (Å²) in [6, 6.07) is 5.56. The molecule has 1 aromatic carbocycles. The lowest BCUT2D eigenvalue weighted by Gasteiger charge is -2.21. The van der Waals surface area contributed by atoms with Gasteiger partial charge in [-0.25, -0.2) is 4.39 Å². The van der Waals surface area contributed by atoms with Gasteiger partial charge in [-0.3, -0.25) is 9.69 Å². The minimum atomic E-state index is -0.315. The van der Waals surface area contributed by atoms with Crippen molar-refractivity contribution in [3.8, 4) is 0 Å². The van der Waals surface area contributed by atoms with E-state index in [1.54, 1.807) is 0 Å². The van der Waals surface area contributed by atoms with E-state index >= 15 is 0 Å². The van der Waals surface area contributed by atoms with Crippen LogP contribution in [0.1, 0.15) is 23.7 Å². The molecule has 0 bridgehead atoms. The van der Waals surface area contributed by atoms with E-state index in [0.29, 0.717) is 17.3 Å². The van der Waals surface area contributed by atoms with Gasteiger partial charge in [-0.15, -0.1) is 23.2 Å². The lowest BCUT2D eigenvalue weighted by atomic mass is 10.0. The number of Topliss-reactive ketones (excluding diaryl/α,β-unsaturated/α-hetero) is 1. The molecule has 5 heteroatoms. The summed E-state index contributed by atoms with van der Waals surface area (Å²) in [5.41, 5.74) is 0.567. The predicted octanol–water partition coefficient (Wildman–Crippen LogP) is 3.81. The minimum absolute atomic E-state index is 0.0440. The van der Waals surface area contributed by atoms with Gasteiger partial charge in [0.2, 0.25) is 0 Å². The van der Waals surface area contributed by atoms with Crippen molar-refractivity contribution in [3.63, 3.8) is 0 Å². The van der Waals surface area contributed by atoms with Crippen molar-refractivity contribution in [3.05, 3.63) is 35.6 Å². The van der Waals surface area contributed by atoms with Gasteiger partial charge in [-0.2, -0.15) is 0 Å². The van der Waals surface area contributed by atoms with E-state index in [9.17, 15) is 9.18 Å². The van der Waals surface area contributed by atoms with Crippen LogP contribution in [0.15, 0.2) is 24.3 Å². The van der Waals surface area contributed by atoms with Gasteiger partial charge >= 0.3 is 0 Å². The Kier molecular flexibility index (Phi) is 9.84. The highest BCUT2D eigenvalue weighted by molar-refractivity contribution is 6.25. The van der Waals surface area contributed by atoms with Crippen molar-refractivity contribution >= 4 is 29.0 Å². The maximum absolute atomic E-state index is 12.7. The normalized spacial score (nSPS) is 11.7. The van der Waals surface area contributed by atoms with Crippen LogP contribution in [0, 0.1) is 5.82 Å². The number of ketones is 1. The molecule has 0 heterocycles. The number of alkyl halides is 2. The van der Waals surface area contributed by atoms with E-state index in [2.05, 4.69) is 0 Å². The highest BCUT2D eigenvalue weighted by Gasteiger charge is 2.19. The predicted molar refractivity (Wildman–Crippen MR) is 79.9 cm³/mol. The molecule has 0 N–H and O–H groups in total. The van der Waals surface area contributed by atoms with Gasteiger partial charge in [0.15, 0.2) is 5.78 Å². The van der Waals surface area contributed by atoms with Crippen LogP contribution < -0.4 is 0 Å². The number of likely N-dealkylation sites (N-methyl/N-ethyl adjacent to an activating group) is 1. The summed E-state index contributed by atoms with van der Waals surface area (Å²) in [4.78, 5) is 13.8. The number of nitrogens with zero attached hydrogens (tertiary/aromatic N) is 1. The molecule has 0 saturated heterocycles. The van der Waals surface area contributed by atoms with Gasteiger partial charge in [0.05, 0.1) is 6.04 Å². The van der Waals surface area contributed by atoms with Gasteiger partial charge in [0.25, 0.3) is 0 Å². The molecule has 0 aromatic heterocycles. The molecule has 1 unspecified atom stereocenters. The van der Waals surface area contributed by atoms with Gasteiger partial charge < -0.3 is 0 Å². The molecule has 0 spiro atoms. The molecule has 0 fully saturated rings. The molecule has 1 rings (SSSR count). The average molecular weight is 308 g/mol. The number of rotatable bonds is 5. The van der Waals surface area contributed by atoms with Crippen molar-refractivity contribution in [1.82, 2.24) is 4.90 Å². The number of carbonyl (C=O) groups excluding carboxylic acids is 1. The van der Waals surface area contributed by atoms with Crippen LogP contribution in [-0.2, 0) is 0 Å². The summed E-state index contributed by atoms with van der Waals surface area (Å²) in [6.07, 6.45) is 0.753. The first kappa shape index (κ1) is 18.4. The Morgan fingerprint density at radius 2 is 1.68 bits per heavy atom. The Morgan fingerprint density at radius 1 is 1.21 bits per heavy atom. The Morgan fingerprint density at radius 3 is 2.00 bits per heavy atom. The second-order valence-electron chi connectivity index (χ2n) is 4.14. The highest BCUT2D eigenvalue weighted by Crippen LogP contribution is 2.10. The lowest BCUT2D eigenvalue weighted by molar-refractivity contribution is 0.0871. The maximum Gasteiger partial charge on any atom is 0.179 e. The molecular weight excluding hydrogens is 288 g/mol. The van der Waals surface area contributed by atoms with Crippen molar-refractivity contribution in [2.75, 3.05) is 25.9 Å². The quantitative estimate of drug-likeness (QED) is 0.609. The van der Waals surface area contributed by atoms with E-state index in [1.165, 1.54) is 24.3 Å². The van der Waals surface area contributed by atoms with Crippen LogP contribution in [0.25, 0.3) is 0 Å². The third-order valence-corrected chi connectivity index (χ3v) is 3.08. The van der Waals surface area contributed by atoms with Crippen LogP contribution in [0.3, 0.4) is 0 Å².